The average Bonchev–Trinajstić information content (AvgIpc) is 3.09. The number of aromatic nitrogens is 2. The summed E-state index contributed by atoms with van der Waals surface area (Å²) in [7, 11) is -3.58. The Balaban J connectivity index is 1.80. The maximum Gasteiger partial charge on any atom is 0.247 e. The predicted octanol–water partition coefficient (Wildman–Crippen LogP) is 4.05. The standard InChI is InChI=1S/C18H14Cl2N4O2S/c1-27(25,26)24-18(11-2-5-15-17(8-11)22-7-6-21-15)10-16(23-24)13-9-12(19)3-4-14(13)20/h2-9,18H,10H2,1H3. The smallest absolute Gasteiger partial charge is 0.247 e. The summed E-state index contributed by atoms with van der Waals surface area (Å²) in [4.78, 5) is 8.54. The van der Waals surface area contributed by atoms with Crippen LogP contribution in [0, 0.1) is 0 Å². The molecule has 2 heterocycles. The summed E-state index contributed by atoms with van der Waals surface area (Å²) in [6, 6.07) is 10.1. The van der Waals surface area contributed by atoms with E-state index in [4.69, 9.17) is 23.2 Å². The molecule has 138 valence electrons. The van der Waals surface area contributed by atoms with Gasteiger partial charge in [0, 0.05) is 34.4 Å². The zero-order valence-electron chi connectivity index (χ0n) is 14.2. The molecule has 3 aromatic rings. The zero-order chi connectivity index (χ0) is 19.2. The van der Waals surface area contributed by atoms with Crippen molar-refractivity contribution < 1.29 is 8.42 Å². The molecular formula is C18H14Cl2N4O2S. The van der Waals surface area contributed by atoms with Crippen LogP contribution in [0.4, 0.5) is 0 Å². The van der Waals surface area contributed by atoms with Crippen LogP contribution in [-0.2, 0) is 10.0 Å². The van der Waals surface area contributed by atoms with Gasteiger partial charge >= 0.3 is 0 Å². The second-order valence-corrected chi connectivity index (χ2v) is 8.91. The van der Waals surface area contributed by atoms with Gasteiger partial charge in [-0.1, -0.05) is 29.3 Å². The summed E-state index contributed by atoms with van der Waals surface area (Å²) < 4.78 is 25.8. The molecular weight excluding hydrogens is 407 g/mol. The summed E-state index contributed by atoms with van der Waals surface area (Å²) >= 11 is 12.4. The number of fused-ring (bicyclic) bond motifs is 1. The van der Waals surface area contributed by atoms with Crippen molar-refractivity contribution in [1.29, 1.82) is 0 Å². The molecule has 1 atom stereocenters. The van der Waals surface area contributed by atoms with Crippen LogP contribution < -0.4 is 0 Å². The van der Waals surface area contributed by atoms with Crippen molar-refractivity contribution in [2.45, 2.75) is 12.5 Å². The Hall–Kier alpha value is -2.22. The predicted molar refractivity (Wildman–Crippen MR) is 107 cm³/mol. The van der Waals surface area contributed by atoms with Gasteiger partial charge in [0.15, 0.2) is 0 Å². The van der Waals surface area contributed by atoms with Gasteiger partial charge < -0.3 is 0 Å². The third-order valence-electron chi connectivity index (χ3n) is 4.33. The van der Waals surface area contributed by atoms with E-state index in [0.29, 0.717) is 33.3 Å². The van der Waals surface area contributed by atoms with Gasteiger partial charge in [-0.3, -0.25) is 9.97 Å². The van der Waals surface area contributed by atoms with Crippen LogP contribution in [0.15, 0.2) is 53.9 Å². The molecule has 0 saturated carbocycles. The molecule has 4 rings (SSSR count). The highest BCUT2D eigenvalue weighted by molar-refractivity contribution is 7.88. The Morgan fingerprint density at radius 3 is 2.52 bits per heavy atom. The van der Waals surface area contributed by atoms with Gasteiger partial charge in [0.25, 0.3) is 0 Å². The maximum absolute atomic E-state index is 12.3. The molecule has 1 unspecified atom stereocenters. The highest BCUT2D eigenvalue weighted by atomic mass is 35.5. The Labute approximate surface area is 166 Å². The normalized spacial score (nSPS) is 17.4. The molecule has 0 radical (unpaired) electrons. The SMILES string of the molecule is CS(=O)(=O)N1N=C(c2cc(Cl)ccc2Cl)CC1c1ccc2nccnc2c1. The third-order valence-corrected chi connectivity index (χ3v) is 5.91. The fourth-order valence-electron chi connectivity index (χ4n) is 3.11. The molecule has 9 heteroatoms. The zero-order valence-corrected chi connectivity index (χ0v) is 16.5. The minimum Gasteiger partial charge on any atom is -0.253 e. The van der Waals surface area contributed by atoms with Crippen molar-refractivity contribution in [3.63, 3.8) is 0 Å². The van der Waals surface area contributed by atoms with Crippen molar-refractivity contribution in [2.75, 3.05) is 6.26 Å². The van der Waals surface area contributed by atoms with E-state index in [1.54, 1.807) is 30.6 Å². The molecule has 0 spiro atoms. The first-order valence-corrected chi connectivity index (χ1v) is 10.7. The number of sulfonamides is 1. The fourth-order valence-corrected chi connectivity index (χ4v) is 4.42. The van der Waals surface area contributed by atoms with Gasteiger partial charge in [-0.05, 0) is 35.9 Å². The maximum atomic E-state index is 12.3. The van der Waals surface area contributed by atoms with E-state index < -0.39 is 16.1 Å². The van der Waals surface area contributed by atoms with E-state index in [2.05, 4.69) is 15.1 Å². The minimum atomic E-state index is -3.58. The summed E-state index contributed by atoms with van der Waals surface area (Å²) in [5.41, 5.74) is 3.41. The van der Waals surface area contributed by atoms with E-state index in [1.807, 2.05) is 18.2 Å². The molecule has 27 heavy (non-hydrogen) atoms. The van der Waals surface area contributed by atoms with Crippen molar-refractivity contribution in [2.24, 2.45) is 5.10 Å². The monoisotopic (exact) mass is 420 g/mol. The lowest BCUT2D eigenvalue weighted by Gasteiger charge is -2.21. The number of halogens is 2. The van der Waals surface area contributed by atoms with Gasteiger partial charge in [-0.15, -0.1) is 0 Å². The van der Waals surface area contributed by atoms with E-state index in [1.165, 1.54) is 0 Å². The summed E-state index contributed by atoms with van der Waals surface area (Å²) in [5, 5.41) is 5.33. The Kier molecular flexibility index (Phi) is 4.53. The van der Waals surface area contributed by atoms with Gasteiger partial charge in [-0.25, -0.2) is 8.42 Å². The lowest BCUT2D eigenvalue weighted by atomic mass is 9.98. The lowest BCUT2D eigenvalue weighted by molar-refractivity contribution is 0.375. The third kappa shape index (κ3) is 3.50. The highest BCUT2D eigenvalue weighted by Gasteiger charge is 2.35. The lowest BCUT2D eigenvalue weighted by Crippen LogP contribution is -2.25. The van der Waals surface area contributed by atoms with Crippen LogP contribution in [0.3, 0.4) is 0 Å². The Bertz CT molecular complexity index is 1180. The van der Waals surface area contributed by atoms with E-state index in [-0.39, 0.29) is 0 Å². The molecule has 1 aliphatic rings. The number of nitrogens with zero attached hydrogens (tertiary/aromatic N) is 4. The minimum absolute atomic E-state index is 0.374. The van der Waals surface area contributed by atoms with Gasteiger partial charge in [-0.2, -0.15) is 9.52 Å². The van der Waals surface area contributed by atoms with Gasteiger partial charge in [0.05, 0.1) is 29.0 Å². The molecule has 0 bridgehead atoms. The number of benzene rings is 2. The van der Waals surface area contributed by atoms with Crippen molar-refractivity contribution in [3.8, 4) is 0 Å². The summed E-state index contributed by atoms with van der Waals surface area (Å²) in [6.45, 7) is 0. The Morgan fingerprint density at radius 2 is 1.78 bits per heavy atom. The molecule has 1 aromatic heterocycles. The first kappa shape index (κ1) is 18.2. The van der Waals surface area contributed by atoms with Gasteiger partial charge in [0.1, 0.15) is 0 Å². The average molecular weight is 421 g/mol. The molecule has 0 N–H and O–H groups in total. The second kappa shape index (κ2) is 6.74. The van der Waals surface area contributed by atoms with Crippen molar-refractivity contribution >= 4 is 50.0 Å². The van der Waals surface area contributed by atoms with E-state index in [9.17, 15) is 8.42 Å². The largest absolute Gasteiger partial charge is 0.253 e. The van der Waals surface area contributed by atoms with E-state index in [0.717, 1.165) is 21.8 Å². The molecule has 0 amide bonds. The number of hydrogen-bond donors (Lipinski definition) is 0. The number of hydrazone groups is 1. The Morgan fingerprint density at radius 1 is 1.04 bits per heavy atom. The molecule has 2 aromatic carbocycles. The van der Waals surface area contributed by atoms with Crippen LogP contribution in [0.5, 0.6) is 0 Å². The summed E-state index contributed by atoms with van der Waals surface area (Å²) in [5.74, 6) is 0. The first-order chi connectivity index (χ1) is 12.8. The molecule has 1 aliphatic heterocycles. The highest BCUT2D eigenvalue weighted by Crippen LogP contribution is 2.37. The van der Waals surface area contributed by atoms with Crippen LogP contribution >= 0.6 is 23.2 Å². The molecule has 0 fully saturated rings. The van der Waals surface area contributed by atoms with Crippen LogP contribution in [0.2, 0.25) is 10.0 Å². The molecule has 0 saturated heterocycles. The van der Waals surface area contributed by atoms with Crippen LogP contribution in [-0.4, -0.2) is 34.8 Å². The fraction of sp³-hybridized carbons (Fsp3) is 0.167. The second-order valence-electron chi connectivity index (χ2n) is 6.23. The molecule has 0 aliphatic carbocycles. The summed E-state index contributed by atoms with van der Waals surface area (Å²) in [6.07, 6.45) is 4.72. The number of rotatable bonds is 3. The number of hydrogen-bond acceptors (Lipinski definition) is 5. The van der Waals surface area contributed by atoms with Gasteiger partial charge in [0.2, 0.25) is 10.0 Å². The van der Waals surface area contributed by atoms with Crippen molar-refractivity contribution in [3.05, 3.63) is 70.0 Å². The molecule has 6 nitrogen and oxygen atoms in total. The quantitative estimate of drug-likeness (QED) is 0.640. The van der Waals surface area contributed by atoms with Crippen LogP contribution in [0.25, 0.3) is 11.0 Å². The van der Waals surface area contributed by atoms with E-state index >= 15 is 0 Å². The van der Waals surface area contributed by atoms with Crippen molar-refractivity contribution in [1.82, 2.24) is 14.4 Å². The first-order valence-electron chi connectivity index (χ1n) is 8.06. The van der Waals surface area contributed by atoms with Crippen LogP contribution in [0.1, 0.15) is 23.6 Å². The topological polar surface area (TPSA) is 75.5 Å².